The lowest BCUT2D eigenvalue weighted by Gasteiger charge is -2.34. The standard InChI is InChI=1S/C11H17N2P/c1-10-4-2-3-5-11(10)12-6-8-13(14)9-7-12/h2-5H,6-9,14H2,1H3. The van der Waals surface area contributed by atoms with E-state index in [9.17, 15) is 0 Å². The predicted molar refractivity (Wildman–Crippen MR) is 64.7 cm³/mol. The first-order valence-electron chi connectivity index (χ1n) is 5.07. The first-order chi connectivity index (χ1) is 6.77. The molecule has 0 N–H and O–H groups in total. The number of para-hydroxylation sites is 1. The van der Waals surface area contributed by atoms with Gasteiger partial charge in [0.2, 0.25) is 0 Å². The Balaban J connectivity index is 2.12. The minimum absolute atomic E-state index is 1.13. The van der Waals surface area contributed by atoms with Crippen LogP contribution in [0.1, 0.15) is 5.56 Å². The molecule has 0 aromatic heterocycles. The number of rotatable bonds is 1. The minimum Gasteiger partial charge on any atom is -0.369 e. The number of piperazine rings is 1. The predicted octanol–water partition coefficient (Wildman–Crippen LogP) is 1.91. The number of nitrogens with zero attached hydrogens (tertiary/aromatic N) is 2. The van der Waals surface area contributed by atoms with Gasteiger partial charge in [0, 0.05) is 31.9 Å². The van der Waals surface area contributed by atoms with Gasteiger partial charge in [0.1, 0.15) is 0 Å². The van der Waals surface area contributed by atoms with Gasteiger partial charge in [-0.05, 0) is 18.6 Å². The van der Waals surface area contributed by atoms with Gasteiger partial charge in [-0.3, -0.25) is 4.67 Å². The lowest BCUT2D eigenvalue weighted by atomic mass is 10.1. The van der Waals surface area contributed by atoms with Crippen molar-refractivity contribution in [2.75, 3.05) is 31.1 Å². The minimum atomic E-state index is 1.13. The number of anilines is 1. The summed E-state index contributed by atoms with van der Waals surface area (Å²) >= 11 is 0. The summed E-state index contributed by atoms with van der Waals surface area (Å²) in [7, 11) is 2.78. The fourth-order valence-corrected chi connectivity index (χ4v) is 2.11. The van der Waals surface area contributed by atoms with Crippen LogP contribution in [0.15, 0.2) is 24.3 Å². The molecule has 0 aliphatic carbocycles. The number of benzene rings is 1. The second-order valence-corrected chi connectivity index (χ2v) is 4.54. The summed E-state index contributed by atoms with van der Waals surface area (Å²) in [5, 5.41) is 0. The van der Waals surface area contributed by atoms with Crippen molar-refractivity contribution in [3.8, 4) is 0 Å². The van der Waals surface area contributed by atoms with Gasteiger partial charge in [-0.25, -0.2) is 0 Å². The molecule has 2 rings (SSSR count). The summed E-state index contributed by atoms with van der Waals surface area (Å²) in [4.78, 5) is 2.47. The van der Waals surface area contributed by atoms with Crippen LogP contribution in [0.3, 0.4) is 0 Å². The Morgan fingerprint density at radius 2 is 1.71 bits per heavy atom. The van der Waals surface area contributed by atoms with E-state index in [-0.39, 0.29) is 0 Å². The van der Waals surface area contributed by atoms with Gasteiger partial charge >= 0.3 is 0 Å². The maximum Gasteiger partial charge on any atom is 0.0396 e. The Hall–Kier alpha value is -0.590. The van der Waals surface area contributed by atoms with Gasteiger partial charge < -0.3 is 4.90 Å². The normalized spacial score (nSPS) is 18.6. The Labute approximate surface area is 88.2 Å². The van der Waals surface area contributed by atoms with E-state index >= 15 is 0 Å². The van der Waals surface area contributed by atoms with Gasteiger partial charge in [0.05, 0.1) is 0 Å². The molecule has 1 saturated heterocycles. The van der Waals surface area contributed by atoms with E-state index in [1.807, 2.05) is 0 Å². The summed E-state index contributed by atoms with van der Waals surface area (Å²) in [6.45, 7) is 6.73. The first-order valence-corrected chi connectivity index (χ1v) is 5.59. The monoisotopic (exact) mass is 208 g/mol. The third kappa shape index (κ3) is 2.08. The van der Waals surface area contributed by atoms with Gasteiger partial charge in [-0.2, -0.15) is 0 Å². The largest absolute Gasteiger partial charge is 0.369 e. The Bertz CT molecular complexity index is 306. The molecule has 1 aliphatic heterocycles. The lowest BCUT2D eigenvalue weighted by molar-refractivity contribution is 0.428. The van der Waals surface area contributed by atoms with Crippen LogP contribution in [0.4, 0.5) is 5.69 Å². The van der Waals surface area contributed by atoms with Crippen LogP contribution in [-0.4, -0.2) is 30.8 Å². The Morgan fingerprint density at radius 3 is 2.36 bits per heavy atom. The third-order valence-electron chi connectivity index (χ3n) is 2.77. The van der Waals surface area contributed by atoms with Crippen LogP contribution in [0.25, 0.3) is 0 Å². The number of hydrogen-bond donors (Lipinski definition) is 0. The quantitative estimate of drug-likeness (QED) is 0.650. The molecule has 1 aliphatic rings. The van der Waals surface area contributed by atoms with Crippen molar-refractivity contribution in [2.24, 2.45) is 0 Å². The van der Waals surface area contributed by atoms with E-state index in [1.54, 1.807) is 0 Å². The fraction of sp³-hybridized carbons (Fsp3) is 0.455. The van der Waals surface area contributed by atoms with Gasteiger partial charge in [0.15, 0.2) is 0 Å². The molecule has 1 aromatic rings. The molecular formula is C11H17N2P. The van der Waals surface area contributed by atoms with Crippen LogP contribution < -0.4 is 4.90 Å². The summed E-state index contributed by atoms with van der Waals surface area (Å²) in [6.07, 6.45) is 0. The highest BCUT2D eigenvalue weighted by molar-refractivity contribution is 7.13. The zero-order valence-corrected chi connectivity index (χ0v) is 9.76. The van der Waals surface area contributed by atoms with Gasteiger partial charge in [-0.1, -0.05) is 27.6 Å². The maximum atomic E-state index is 2.78. The molecule has 0 spiro atoms. The molecule has 1 atom stereocenters. The number of aryl methyl sites for hydroxylation is 1. The van der Waals surface area contributed by atoms with E-state index in [0.717, 1.165) is 26.2 Å². The van der Waals surface area contributed by atoms with E-state index < -0.39 is 0 Å². The molecule has 1 fully saturated rings. The smallest absolute Gasteiger partial charge is 0.0396 e. The van der Waals surface area contributed by atoms with Crippen molar-refractivity contribution in [1.29, 1.82) is 0 Å². The van der Waals surface area contributed by atoms with E-state index in [2.05, 4.69) is 50.2 Å². The summed E-state index contributed by atoms with van der Waals surface area (Å²) in [5.41, 5.74) is 2.77. The molecule has 1 aromatic carbocycles. The van der Waals surface area contributed by atoms with E-state index in [4.69, 9.17) is 0 Å². The van der Waals surface area contributed by atoms with Crippen molar-refractivity contribution in [3.63, 3.8) is 0 Å². The highest BCUT2D eigenvalue weighted by atomic mass is 31.0. The summed E-state index contributed by atoms with van der Waals surface area (Å²) < 4.78 is 2.30. The molecule has 1 unspecified atom stereocenters. The molecule has 76 valence electrons. The molecular weight excluding hydrogens is 191 g/mol. The van der Waals surface area contributed by atoms with Crippen LogP contribution >= 0.6 is 9.39 Å². The van der Waals surface area contributed by atoms with E-state index in [1.165, 1.54) is 11.3 Å². The maximum absolute atomic E-state index is 2.78. The van der Waals surface area contributed by atoms with Crippen molar-refractivity contribution in [1.82, 2.24) is 4.67 Å². The topological polar surface area (TPSA) is 6.48 Å². The number of hydrogen-bond acceptors (Lipinski definition) is 2. The Kier molecular flexibility index (Phi) is 3.05. The van der Waals surface area contributed by atoms with Gasteiger partial charge in [0.25, 0.3) is 0 Å². The third-order valence-corrected chi connectivity index (χ3v) is 3.29. The summed E-state index contributed by atoms with van der Waals surface area (Å²) in [6, 6.07) is 8.62. The van der Waals surface area contributed by atoms with Crippen LogP contribution in [0, 0.1) is 6.92 Å². The first kappa shape index (κ1) is 9.95. The van der Waals surface area contributed by atoms with Crippen LogP contribution in [0.5, 0.6) is 0 Å². The molecule has 0 radical (unpaired) electrons. The Morgan fingerprint density at radius 1 is 1.07 bits per heavy atom. The van der Waals surface area contributed by atoms with Crippen LogP contribution in [-0.2, 0) is 0 Å². The van der Waals surface area contributed by atoms with E-state index in [0.29, 0.717) is 0 Å². The second-order valence-electron chi connectivity index (χ2n) is 3.81. The SMILES string of the molecule is Cc1ccccc1N1CCN(P)CC1. The highest BCUT2D eigenvalue weighted by Crippen LogP contribution is 2.21. The van der Waals surface area contributed by atoms with Crippen molar-refractivity contribution < 1.29 is 0 Å². The molecule has 3 heteroatoms. The average molecular weight is 208 g/mol. The average Bonchev–Trinajstić information content (AvgIpc) is 2.20. The van der Waals surface area contributed by atoms with Crippen LogP contribution in [0.2, 0.25) is 0 Å². The molecule has 0 amide bonds. The molecule has 2 nitrogen and oxygen atoms in total. The molecule has 14 heavy (non-hydrogen) atoms. The molecule has 0 saturated carbocycles. The van der Waals surface area contributed by atoms with Gasteiger partial charge in [-0.15, -0.1) is 0 Å². The van der Waals surface area contributed by atoms with Crippen molar-refractivity contribution in [2.45, 2.75) is 6.92 Å². The van der Waals surface area contributed by atoms with Crippen molar-refractivity contribution in [3.05, 3.63) is 29.8 Å². The molecule has 1 heterocycles. The zero-order valence-electron chi connectivity index (χ0n) is 8.61. The summed E-state index contributed by atoms with van der Waals surface area (Å²) in [5.74, 6) is 0. The fourth-order valence-electron chi connectivity index (χ4n) is 1.88. The highest BCUT2D eigenvalue weighted by Gasteiger charge is 2.14. The second kappa shape index (κ2) is 4.29. The lowest BCUT2D eigenvalue weighted by Crippen LogP contribution is -2.42. The molecule has 0 bridgehead atoms. The zero-order chi connectivity index (χ0) is 9.97. The van der Waals surface area contributed by atoms with Crippen molar-refractivity contribution >= 4 is 15.1 Å².